The number of nitrogens with zero attached hydrogens (tertiary/aromatic N) is 1. The molecule has 32 heavy (non-hydrogen) atoms. The quantitative estimate of drug-likeness (QED) is 0.530. The summed E-state index contributed by atoms with van der Waals surface area (Å²) in [6.45, 7) is -2.66. The number of hydrogen-bond donors (Lipinski definition) is 1. The van der Waals surface area contributed by atoms with E-state index in [0.717, 1.165) is 23.1 Å². The minimum atomic E-state index is -2.92. The first-order valence-electron chi connectivity index (χ1n) is 10.0. The van der Waals surface area contributed by atoms with E-state index < -0.39 is 17.8 Å². The van der Waals surface area contributed by atoms with E-state index in [0.29, 0.717) is 18.4 Å². The highest BCUT2D eigenvalue weighted by Crippen LogP contribution is 2.32. The van der Waals surface area contributed by atoms with Crippen molar-refractivity contribution in [3.8, 4) is 5.75 Å². The van der Waals surface area contributed by atoms with Crippen LogP contribution in [-0.4, -0.2) is 41.7 Å². The van der Waals surface area contributed by atoms with Gasteiger partial charge in [-0.15, -0.1) is 0 Å². The van der Waals surface area contributed by atoms with E-state index in [1.165, 1.54) is 35.9 Å². The highest BCUT2D eigenvalue weighted by atomic mass is 32.2. The zero-order valence-corrected chi connectivity index (χ0v) is 17.9. The molecule has 0 radical (unpaired) electrons. The lowest BCUT2D eigenvalue weighted by Crippen LogP contribution is -2.37. The Labute approximate surface area is 188 Å². The molecule has 0 aliphatic carbocycles. The van der Waals surface area contributed by atoms with Crippen LogP contribution >= 0.6 is 11.8 Å². The molecular formula is C23H22F2N2O4S. The average molecular weight is 461 g/mol. The molecule has 3 amide bonds. The number of ether oxygens (including phenoxy) is 1. The predicted molar refractivity (Wildman–Crippen MR) is 118 cm³/mol. The zero-order valence-electron chi connectivity index (χ0n) is 17.1. The maximum absolute atomic E-state index is 12.5. The normalized spacial score (nSPS) is 15.0. The number of amides is 3. The topological polar surface area (TPSA) is 75.7 Å². The van der Waals surface area contributed by atoms with E-state index >= 15 is 0 Å². The Morgan fingerprint density at radius 2 is 1.81 bits per heavy atom. The molecule has 1 N–H and O–H groups in total. The minimum absolute atomic E-state index is 0.00441. The fraction of sp³-hybridized carbons (Fsp3) is 0.261. The summed E-state index contributed by atoms with van der Waals surface area (Å²) in [4.78, 5) is 38.0. The van der Waals surface area contributed by atoms with Crippen LogP contribution in [0.5, 0.6) is 5.75 Å². The van der Waals surface area contributed by atoms with Gasteiger partial charge in [-0.05, 0) is 53.9 Å². The molecule has 6 nitrogen and oxygen atoms in total. The van der Waals surface area contributed by atoms with Crippen molar-refractivity contribution >= 4 is 34.9 Å². The van der Waals surface area contributed by atoms with Gasteiger partial charge >= 0.3 is 6.61 Å². The number of benzene rings is 2. The van der Waals surface area contributed by atoms with E-state index in [1.807, 2.05) is 30.3 Å². The average Bonchev–Trinajstić information content (AvgIpc) is 3.03. The number of thioether (sulfide) groups is 1. The molecule has 1 heterocycles. The Morgan fingerprint density at radius 3 is 2.50 bits per heavy atom. The molecule has 1 fully saturated rings. The first kappa shape index (κ1) is 23.5. The molecule has 1 saturated heterocycles. The third-order valence-electron chi connectivity index (χ3n) is 4.65. The summed E-state index contributed by atoms with van der Waals surface area (Å²) in [6, 6.07) is 15.6. The van der Waals surface area contributed by atoms with Gasteiger partial charge in [0.15, 0.2) is 0 Å². The lowest BCUT2D eigenvalue weighted by atomic mass is 10.1. The predicted octanol–water partition coefficient (Wildman–Crippen LogP) is 4.46. The molecule has 2 aromatic rings. The van der Waals surface area contributed by atoms with E-state index in [9.17, 15) is 23.2 Å². The molecule has 1 aliphatic heterocycles. The summed E-state index contributed by atoms with van der Waals surface area (Å²) in [7, 11) is 0. The first-order valence-corrected chi connectivity index (χ1v) is 10.8. The number of aryl methyl sites for hydroxylation is 1. The van der Waals surface area contributed by atoms with Crippen molar-refractivity contribution < 1.29 is 27.9 Å². The fourth-order valence-electron chi connectivity index (χ4n) is 3.08. The van der Waals surface area contributed by atoms with Crippen LogP contribution in [0.4, 0.5) is 13.6 Å². The maximum Gasteiger partial charge on any atom is 0.387 e. The largest absolute Gasteiger partial charge is 0.435 e. The van der Waals surface area contributed by atoms with Crippen molar-refractivity contribution in [2.24, 2.45) is 0 Å². The van der Waals surface area contributed by atoms with Crippen molar-refractivity contribution in [3.05, 3.63) is 70.6 Å². The fourth-order valence-corrected chi connectivity index (χ4v) is 3.95. The van der Waals surface area contributed by atoms with Gasteiger partial charge in [0, 0.05) is 19.5 Å². The molecule has 0 aromatic heterocycles. The molecule has 0 bridgehead atoms. The van der Waals surface area contributed by atoms with E-state index in [2.05, 4.69) is 10.1 Å². The Morgan fingerprint density at radius 1 is 1.09 bits per heavy atom. The number of carbonyl (C=O) groups is 3. The Bertz CT molecular complexity index is 981. The van der Waals surface area contributed by atoms with E-state index in [1.54, 1.807) is 0 Å². The van der Waals surface area contributed by atoms with Crippen molar-refractivity contribution in [1.82, 2.24) is 10.2 Å². The van der Waals surface area contributed by atoms with E-state index in [4.69, 9.17) is 0 Å². The second kappa shape index (κ2) is 11.4. The van der Waals surface area contributed by atoms with Crippen LogP contribution in [-0.2, 0) is 16.0 Å². The van der Waals surface area contributed by atoms with Crippen LogP contribution in [0.2, 0.25) is 0 Å². The Balaban J connectivity index is 1.44. The summed E-state index contributed by atoms with van der Waals surface area (Å²) >= 11 is 0.796. The van der Waals surface area contributed by atoms with E-state index in [-0.39, 0.29) is 29.7 Å². The van der Waals surface area contributed by atoms with Gasteiger partial charge in [-0.3, -0.25) is 19.3 Å². The molecule has 3 rings (SSSR count). The molecule has 9 heteroatoms. The Hall–Kier alpha value is -3.20. The molecule has 2 aromatic carbocycles. The van der Waals surface area contributed by atoms with Gasteiger partial charge in [-0.1, -0.05) is 42.5 Å². The number of nitrogens with one attached hydrogen (secondary N) is 1. The lowest BCUT2D eigenvalue weighted by molar-refractivity contribution is -0.124. The van der Waals surface area contributed by atoms with Crippen molar-refractivity contribution in [2.75, 3.05) is 13.1 Å². The van der Waals surface area contributed by atoms with Gasteiger partial charge in [0.25, 0.3) is 11.1 Å². The monoisotopic (exact) mass is 460 g/mol. The SMILES string of the molecule is O=C(CCCc1ccccc1)NCCN1C(=O)SC(=Cc2ccc(OC(F)F)cc2)C1=O. The summed E-state index contributed by atoms with van der Waals surface area (Å²) in [5.74, 6) is -0.578. The molecule has 0 saturated carbocycles. The van der Waals surface area contributed by atoms with Crippen molar-refractivity contribution in [3.63, 3.8) is 0 Å². The van der Waals surface area contributed by atoms with Crippen LogP contribution in [0.1, 0.15) is 24.0 Å². The van der Waals surface area contributed by atoms with Gasteiger partial charge in [0.2, 0.25) is 5.91 Å². The highest BCUT2D eigenvalue weighted by Gasteiger charge is 2.34. The Kier molecular flexibility index (Phi) is 8.38. The van der Waals surface area contributed by atoms with Gasteiger partial charge in [0.05, 0.1) is 4.91 Å². The third-order valence-corrected chi connectivity index (χ3v) is 5.55. The van der Waals surface area contributed by atoms with Crippen LogP contribution in [0.15, 0.2) is 59.5 Å². The zero-order chi connectivity index (χ0) is 22.9. The standard InChI is InChI=1S/C23H22F2N2O4S/c24-22(25)31-18-11-9-17(10-12-18)15-19-21(29)27(23(30)32-19)14-13-26-20(28)8-4-7-16-5-2-1-3-6-16/h1-3,5-6,9-12,15,22H,4,7-8,13-14H2,(H,26,28). The van der Waals surface area contributed by atoms with Gasteiger partial charge < -0.3 is 10.1 Å². The van der Waals surface area contributed by atoms with Gasteiger partial charge in [-0.2, -0.15) is 8.78 Å². The highest BCUT2D eigenvalue weighted by molar-refractivity contribution is 8.18. The third kappa shape index (κ3) is 6.91. The molecule has 1 aliphatic rings. The number of hydrogen-bond acceptors (Lipinski definition) is 5. The second-order valence-electron chi connectivity index (χ2n) is 6.97. The number of carbonyl (C=O) groups excluding carboxylic acids is 3. The first-order chi connectivity index (χ1) is 15.4. The van der Waals surface area contributed by atoms with Crippen molar-refractivity contribution in [1.29, 1.82) is 0 Å². The van der Waals surface area contributed by atoms with Crippen LogP contribution < -0.4 is 10.1 Å². The molecule has 168 valence electrons. The minimum Gasteiger partial charge on any atom is -0.435 e. The molecule has 0 unspecified atom stereocenters. The van der Waals surface area contributed by atoms with Gasteiger partial charge in [0.1, 0.15) is 5.75 Å². The smallest absolute Gasteiger partial charge is 0.387 e. The van der Waals surface area contributed by atoms with Crippen LogP contribution in [0, 0.1) is 0 Å². The molecule has 0 atom stereocenters. The van der Waals surface area contributed by atoms with Gasteiger partial charge in [-0.25, -0.2) is 0 Å². The van der Waals surface area contributed by atoms with Crippen LogP contribution in [0.25, 0.3) is 6.08 Å². The number of rotatable bonds is 10. The second-order valence-corrected chi connectivity index (χ2v) is 7.96. The van der Waals surface area contributed by atoms with Crippen molar-refractivity contribution in [2.45, 2.75) is 25.9 Å². The molecule has 0 spiro atoms. The molecular weight excluding hydrogens is 438 g/mol. The number of halogens is 2. The maximum atomic E-state index is 12.5. The summed E-state index contributed by atoms with van der Waals surface area (Å²) in [5, 5.41) is 2.32. The lowest BCUT2D eigenvalue weighted by Gasteiger charge is -2.13. The summed E-state index contributed by atoms with van der Waals surface area (Å²) in [6.07, 6.45) is 3.39. The number of imide groups is 1. The summed E-state index contributed by atoms with van der Waals surface area (Å²) in [5.41, 5.74) is 1.74. The summed E-state index contributed by atoms with van der Waals surface area (Å²) < 4.78 is 28.7. The van der Waals surface area contributed by atoms with Crippen LogP contribution in [0.3, 0.4) is 0 Å². The number of alkyl halides is 2.